The van der Waals surface area contributed by atoms with Crippen LogP contribution < -0.4 is 0 Å². The van der Waals surface area contributed by atoms with Crippen molar-refractivity contribution in [2.24, 2.45) is 11.8 Å². The van der Waals surface area contributed by atoms with Crippen LogP contribution in [0.1, 0.15) is 52.4 Å². The van der Waals surface area contributed by atoms with E-state index in [0.29, 0.717) is 0 Å². The average molecular weight is 249 g/mol. The molecule has 0 N–H and O–H groups in total. The maximum Gasteiger partial charge on any atom is 0.0225 e. The van der Waals surface area contributed by atoms with Crippen molar-refractivity contribution in [1.82, 2.24) is 0 Å². The maximum absolute atomic E-state index is 5.74. The minimum atomic E-state index is 0.816. The number of hydrogen-bond acceptors (Lipinski definition) is 1. The van der Waals surface area contributed by atoms with Crippen LogP contribution in [-0.2, 0) is 0 Å². The molecular formula is C13H25ClS. The summed E-state index contributed by atoms with van der Waals surface area (Å²) < 4.78 is 0. The number of halogens is 1. The lowest BCUT2D eigenvalue weighted by Gasteiger charge is -2.26. The van der Waals surface area contributed by atoms with Gasteiger partial charge in [0.05, 0.1) is 0 Å². The second kappa shape index (κ2) is 7.84. The first-order valence-electron chi connectivity index (χ1n) is 6.40. The molecule has 15 heavy (non-hydrogen) atoms. The van der Waals surface area contributed by atoms with Crippen LogP contribution in [-0.4, -0.2) is 16.9 Å². The lowest BCUT2D eigenvalue weighted by atomic mass is 9.91. The van der Waals surface area contributed by atoms with Crippen LogP contribution in [0.2, 0.25) is 0 Å². The fraction of sp³-hybridized carbons (Fsp3) is 1.00. The van der Waals surface area contributed by atoms with Crippen molar-refractivity contribution in [1.29, 1.82) is 0 Å². The van der Waals surface area contributed by atoms with Gasteiger partial charge in [-0.05, 0) is 43.3 Å². The largest absolute Gasteiger partial charge is 0.159 e. The number of alkyl halides is 1. The summed E-state index contributed by atoms with van der Waals surface area (Å²) >= 11 is 7.95. The fourth-order valence-electron chi connectivity index (χ4n) is 2.30. The number of hydrogen-bond donors (Lipinski definition) is 0. The Kier molecular flexibility index (Phi) is 7.16. The van der Waals surface area contributed by atoms with Crippen molar-refractivity contribution >= 4 is 23.4 Å². The van der Waals surface area contributed by atoms with Gasteiger partial charge in [-0.3, -0.25) is 0 Å². The first-order valence-corrected chi connectivity index (χ1v) is 7.98. The second-order valence-corrected chi connectivity index (χ2v) is 6.92. The molecule has 1 aliphatic rings. The van der Waals surface area contributed by atoms with Gasteiger partial charge in [-0.2, -0.15) is 11.8 Å². The fourth-order valence-corrected chi connectivity index (χ4v) is 4.34. The number of thioether (sulfide) groups is 1. The Morgan fingerprint density at radius 1 is 1.33 bits per heavy atom. The summed E-state index contributed by atoms with van der Waals surface area (Å²) in [6.07, 6.45) is 8.36. The highest BCUT2D eigenvalue weighted by atomic mass is 35.5. The Morgan fingerprint density at radius 2 is 2.13 bits per heavy atom. The van der Waals surface area contributed by atoms with E-state index in [1.54, 1.807) is 0 Å². The van der Waals surface area contributed by atoms with Crippen LogP contribution >= 0.6 is 23.4 Å². The predicted octanol–water partition coefficient (Wildman–Crippen LogP) is 4.95. The zero-order valence-corrected chi connectivity index (χ0v) is 11.7. The van der Waals surface area contributed by atoms with E-state index in [4.69, 9.17) is 11.6 Å². The van der Waals surface area contributed by atoms with Gasteiger partial charge >= 0.3 is 0 Å². The van der Waals surface area contributed by atoms with Crippen LogP contribution in [0.5, 0.6) is 0 Å². The molecule has 3 unspecified atom stereocenters. The van der Waals surface area contributed by atoms with Crippen molar-refractivity contribution in [2.75, 3.05) is 11.6 Å². The van der Waals surface area contributed by atoms with Gasteiger partial charge in [0.1, 0.15) is 0 Å². The molecule has 0 nitrogen and oxygen atoms in total. The zero-order chi connectivity index (χ0) is 11.1. The van der Waals surface area contributed by atoms with E-state index in [0.717, 1.165) is 23.0 Å². The maximum atomic E-state index is 5.74. The van der Waals surface area contributed by atoms with Gasteiger partial charge in [0, 0.05) is 11.1 Å². The van der Waals surface area contributed by atoms with E-state index in [9.17, 15) is 0 Å². The highest BCUT2D eigenvalue weighted by Crippen LogP contribution is 2.32. The minimum absolute atomic E-state index is 0.816. The van der Waals surface area contributed by atoms with E-state index in [-0.39, 0.29) is 0 Å². The first-order chi connectivity index (χ1) is 7.22. The molecule has 0 heterocycles. The Hall–Kier alpha value is 0.640. The normalized spacial score (nSPS) is 29.0. The summed E-state index contributed by atoms with van der Waals surface area (Å²) in [4.78, 5) is 0. The van der Waals surface area contributed by atoms with Crippen molar-refractivity contribution in [3.63, 3.8) is 0 Å². The van der Waals surface area contributed by atoms with Gasteiger partial charge in [0.2, 0.25) is 0 Å². The molecule has 2 heteroatoms. The third-order valence-electron chi connectivity index (χ3n) is 3.45. The van der Waals surface area contributed by atoms with Crippen molar-refractivity contribution in [2.45, 2.75) is 57.6 Å². The predicted molar refractivity (Wildman–Crippen MR) is 73.0 cm³/mol. The van der Waals surface area contributed by atoms with E-state index < -0.39 is 0 Å². The second-order valence-electron chi connectivity index (χ2n) is 5.14. The van der Waals surface area contributed by atoms with Crippen LogP contribution in [0.25, 0.3) is 0 Å². The van der Waals surface area contributed by atoms with Crippen LogP contribution in [0.3, 0.4) is 0 Å². The Labute approximate surface area is 105 Å². The number of rotatable bonds is 6. The quantitative estimate of drug-likeness (QED) is 0.599. The summed E-state index contributed by atoms with van der Waals surface area (Å²) in [5, 5.41) is 0.956. The molecule has 0 aromatic rings. The molecule has 0 radical (unpaired) electrons. The highest BCUT2D eigenvalue weighted by Gasteiger charge is 2.18. The lowest BCUT2D eigenvalue weighted by Crippen LogP contribution is -2.15. The Balaban J connectivity index is 2.03. The van der Waals surface area contributed by atoms with Gasteiger partial charge in [0.15, 0.2) is 0 Å². The van der Waals surface area contributed by atoms with Gasteiger partial charge in [-0.1, -0.05) is 26.7 Å². The van der Waals surface area contributed by atoms with Crippen LogP contribution in [0, 0.1) is 11.8 Å². The molecule has 0 spiro atoms. The third-order valence-corrected chi connectivity index (χ3v) is 5.04. The van der Waals surface area contributed by atoms with Gasteiger partial charge in [-0.15, -0.1) is 11.6 Å². The molecule has 90 valence electrons. The Morgan fingerprint density at radius 3 is 2.80 bits per heavy atom. The summed E-state index contributed by atoms with van der Waals surface area (Å²) in [5.74, 6) is 3.95. The molecule has 0 aromatic carbocycles. The van der Waals surface area contributed by atoms with Crippen LogP contribution in [0.15, 0.2) is 0 Å². The molecule has 1 aliphatic carbocycles. The lowest BCUT2D eigenvalue weighted by molar-refractivity contribution is 0.394. The van der Waals surface area contributed by atoms with Crippen molar-refractivity contribution in [3.05, 3.63) is 0 Å². The van der Waals surface area contributed by atoms with Crippen LogP contribution in [0.4, 0.5) is 0 Å². The van der Waals surface area contributed by atoms with E-state index in [2.05, 4.69) is 25.6 Å². The zero-order valence-electron chi connectivity index (χ0n) is 10.2. The molecule has 1 fully saturated rings. The summed E-state index contributed by atoms with van der Waals surface area (Å²) in [5.41, 5.74) is 0. The molecule has 0 aromatic heterocycles. The van der Waals surface area contributed by atoms with E-state index >= 15 is 0 Å². The Bertz CT molecular complexity index is 161. The standard InChI is InChI=1S/C13H25ClS/c1-11(6-8-14)7-9-15-13-5-3-4-12(2)10-13/h11-13H,3-10H2,1-2H3. The van der Waals surface area contributed by atoms with Gasteiger partial charge in [-0.25, -0.2) is 0 Å². The summed E-state index contributed by atoms with van der Waals surface area (Å²) in [7, 11) is 0. The summed E-state index contributed by atoms with van der Waals surface area (Å²) in [6.45, 7) is 4.73. The summed E-state index contributed by atoms with van der Waals surface area (Å²) in [6, 6.07) is 0. The van der Waals surface area contributed by atoms with Gasteiger partial charge in [0.25, 0.3) is 0 Å². The van der Waals surface area contributed by atoms with Crippen molar-refractivity contribution < 1.29 is 0 Å². The molecule has 0 amide bonds. The van der Waals surface area contributed by atoms with E-state index in [1.165, 1.54) is 44.3 Å². The minimum Gasteiger partial charge on any atom is -0.159 e. The molecule has 3 atom stereocenters. The van der Waals surface area contributed by atoms with E-state index in [1.807, 2.05) is 0 Å². The molecule has 0 aliphatic heterocycles. The molecule has 0 bridgehead atoms. The first kappa shape index (κ1) is 13.7. The molecular weight excluding hydrogens is 224 g/mol. The smallest absolute Gasteiger partial charge is 0.0225 e. The topological polar surface area (TPSA) is 0 Å². The SMILES string of the molecule is CC(CCCl)CCSC1CCCC(C)C1. The van der Waals surface area contributed by atoms with Gasteiger partial charge < -0.3 is 0 Å². The molecule has 1 saturated carbocycles. The average Bonchev–Trinajstić information content (AvgIpc) is 2.18. The molecule has 1 rings (SSSR count). The monoisotopic (exact) mass is 248 g/mol. The van der Waals surface area contributed by atoms with Crippen molar-refractivity contribution in [3.8, 4) is 0 Å². The highest BCUT2D eigenvalue weighted by molar-refractivity contribution is 7.99. The third kappa shape index (κ3) is 6.06. The molecule has 0 saturated heterocycles.